The lowest BCUT2D eigenvalue weighted by atomic mass is 9.96. The van der Waals surface area contributed by atoms with E-state index in [-0.39, 0.29) is 10.7 Å². The number of nitrogens with zero attached hydrogens (tertiary/aromatic N) is 1. The summed E-state index contributed by atoms with van der Waals surface area (Å²) < 4.78 is 62.9. The third kappa shape index (κ3) is 4.74. The van der Waals surface area contributed by atoms with Crippen LogP contribution in [0.3, 0.4) is 0 Å². The Bertz CT molecular complexity index is 1550. The zero-order valence-electron chi connectivity index (χ0n) is 20.4. The molecule has 7 heteroatoms. The fourth-order valence-electron chi connectivity index (χ4n) is 4.67. The van der Waals surface area contributed by atoms with Crippen molar-refractivity contribution in [1.29, 1.82) is 0 Å². The first-order valence-corrected chi connectivity index (χ1v) is 13.2. The van der Waals surface area contributed by atoms with Crippen molar-refractivity contribution < 1.29 is 21.9 Å². The van der Waals surface area contributed by atoms with Crippen LogP contribution in [0.1, 0.15) is 34.7 Å². The molecule has 5 rings (SSSR count). The van der Waals surface area contributed by atoms with Gasteiger partial charge in [0.15, 0.2) is 0 Å². The molecule has 1 heterocycles. The van der Waals surface area contributed by atoms with E-state index < -0.39 is 21.9 Å². The summed E-state index contributed by atoms with van der Waals surface area (Å²) >= 11 is 0. The molecular weight excluding hydrogens is 492 g/mol. The molecule has 0 bridgehead atoms. The van der Waals surface area contributed by atoms with Gasteiger partial charge in [-0.2, -0.15) is 0 Å². The van der Waals surface area contributed by atoms with Gasteiger partial charge < -0.3 is 4.74 Å². The standard InChI is InChI=1S/C30H25F2NO3S/c1-20-3-17-27(18-4-20)37(34,35)33-29(22-9-15-26(36-2)16-10-22)19-28(21-5-11-24(31)12-6-21)30(33)23-7-13-25(32)14-8-23/h3-18,29H,19H2,1-2H3/t29-/m1/s1. The van der Waals surface area contributed by atoms with E-state index in [9.17, 15) is 17.2 Å². The third-order valence-corrected chi connectivity index (χ3v) is 8.40. The fraction of sp³-hybridized carbons (Fsp3) is 0.133. The first kappa shape index (κ1) is 24.7. The Hall–Kier alpha value is -3.97. The van der Waals surface area contributed by atoms with Crippen LogP contribution in [-0.2, 0) is 10.0 Å². The van der Waals surface area contributed by atoms with E-state index in [1.165, 1.54) is 28.6 Å². The predicted octanol–water partition coefficient (Wildman–Crippen LogP) is 6.99. The molecule has 0 aromatic heterocycles. The van der Waals surface area contributed by atoms with Gasteiger partial charge >= 0.3 is 0 Å². The minimum atomic E-state index is -4.05. The summed E-state index contributed by atoms with van der Waals surface area (Å²) in [4.78, 5) is 0.150. The molecule has 0 aliphatic carbocycles. The van der Waals surface area contributed by atoms with Crippen molar-refractivity contribution in [3.05, 3.63) is 131 Å². The first-order chi connectivity index (χ1) is 17.8. The summed E-state index contributed by atoms with van der Waals surface area (Å²) in [6.07, 6.45) is 0.343. The summed E-state index contributed by atoms with van der Waals surface area (Å²) in [7, 11) is -2.48. The maximum Gasteiger partial charge on any atom is 0.264 e. The molecule has 4 aromatic carbocycles. The van der Waals surface area contributed by atoms with Crippen molar-refractivity contribution in [2.75, 3.05) is 7.11 Å². The van der Waals surface area contributed by atoms with Gasteiger partial charge in [0.25, 0.3) is 10.0 Å². The fourth-order valence-corrected chi connectivity index (χ4v) is 6.36. The molecule has 0 fully saturated rings. The van der Waals surface area contributed by atoms with E-state index >= 15 is 0 Å². The van der Waals surface area contributed by atoms with Crippen LogP contribution in [0.4, 0.5) is 8.78 Å². The van der Waals surface area contributed by atoms with Crippen molar-refractivity contribution in [1.82, 2.24) is 4.31 Å². The Morgan fingerprint density at radius 2 is 1.30 bits per heavy atom. The Morgan fingerprint density at radius 3 is 1.84 bits per heavy atom. The number of aryl methyl sites for hydroxylation is 1. The van der Waals surface area contributed by atoms with Gasteiger partial charge in [-0.1, -0.05) is 42.0 Å². The molecule has 0 N–H and O–H groups in total. The van der Waals surface area contributed by atoms with Crippen molar-refractivity contribution in [3.8, 4) is 5.75 Å². The Balaban J connectivity index is 1.76. The van der Waals surface area contributed by atoms with Gasteiger partial charge in [-0.05, 0) is 89.9 Å². The maximum absolute atomic E-state index is 14.3. The summed E-state index contributed by atoms with van der Waals surface area (Å²) in [6, 6.07) is 25.1. The van der Waals surface area contributed by atoms with Gasteiger partial charge in [-0.3, -0.25) is 4.31 Å². The lowest BCUT2D eigenvalue weighted by Crippen LogP contribution is -2.30. The second-order valence-electron chi connectivity index (χ2n) is 8.95. The SMILES string of the molecule is COc1ccc([C@H]2CC(c3ccc(F)cc3)=C(c3ccc(F)cc3)N2S(=O)(=O)c2ccc(C)cc2)cc1. The second-order valence-corrected chi connectivity index (χ2v) is 10.8. The number of benzene rings is 4. The largest absolute Gasteiger partial charge is 0.497 e. The minimum absolute atomic E-state index is 0.150. The molecule has 0 amide bonds. The maximum atomic E-state index is 14.3. The molecule has 188 valence electrons. The average molecular weight is 518 g/mol. The van der Waals surface area contributed by atoms with Crippen LogP contribution in [0.5, 0.6) is 5.75 Å². The number of ether oxygens (including phenoxy) is 1. The minimum Gasteiger partial charge on any atom is -0.497 e. The summed E-state index contributed by atoms with van der Waals surface area (Å²) in [6.45, 7) is 1.89. The molecule has 37 heavy (non-hydrogen) atoms. The monoisotopic (exact) mass is 517 g/mol. The highest BCUT2D eigenvalue weighted by Crippen LogP contribution is 2.50. The molecule has 0 saturated carbocycles. The van der Waals surface area contributed by atoms with Crippen LogP contribution in [-0.4, -0.2) is 19.8 Å². The van der Waals surface area contributed by atoms with Gasteiger partial charge in [-0.15, -0.1) is 0 Å². The molecule has 4 nitrogen and oxygen atoms in total. The molecule has 1 aliphatic rings. The molecule has 0 saturated heterocycles. The quantitative estimate of drug-likeness (QED) is 0.277. The Labute approximate surface area is 215 Å². The number of halogens is 2. The van der Waals surface area contributed by atoms with Crippen molar-refractivity contribution in [2.24, 2.45) is 0 Å². The number of sulfonamides is 1. The van der Waals surface area contributed by atoms with Gasteiger partial charge in [0.1, 0.15) is 17.4 Å². The van der Waals surface area contributed by atoms with E-state index in [0.29, 0.717) is 29.0 Å². The van der Waals surface area contributed by atoms with E-state index in [2.05, 4.69) is 0 Å². The lowest BCUT2D eigenvalue weighted by Gasteiger charge is -2.30. The highest BCUT2D eigenvalue weighted by atomic mass is 32.2. The van der Waals surface area contributed by atoms with E-state index in [1.54, 1.807) is 67.8 Å². The smallest absolute Gasteiger partial charge is 0.264 e. The van der Waals surface area contributed by atoms with Crippen LogP contribution in [0, 0.1) is 18.6 Å². The topological polar surface area (TPSA) is 46.6 Å². The van der Waals surface area contributed by atoms with E-state index in [4.69, 9.17) is 4.74 Å². The Morgan fingerprint density at radius 1 is 0.757 bits per heavy atom. The zero-order chi connectivity index (χ0) is 26.2. The van der Waals surface area contributed by atoms with Crippen molar-refractivity contribution in [2.45, 2.75) is 24.3 Å². The summed E-state index contributed by atoms with van der Waals surface area (Å²) in [5, 5.41) is 0. The predicted molar refractivity (Wildman–Crippen MR) is 140 cm³/mol. The first-order valence-electron chi connectivity index (χ1n) is 11.8. The zero-order valence-corrected chi connectivity index (χ0v) is 21.2. The van der Waals surface area contributed by atoms with Crippen LogP contribution >= 0.6 is 0 Å². The Kier molecular flexibility index (Phi) is 6.56. The normalized spacial score (nSPS) is 15.8. The number of hydrogen-bond donors (Lipinski definition) is 0. The van der Waals surface area contributed by atoms with E-state index in [1.807, 2.05) is 19.1 Å². The van der Waals surface area contributed by atoms with Crippen molar-refractivity contribution in [3.63, 3.8) is 0 Å². The third-order valence-electron chi connectivity index (χ3n) is 6.58. The molecule has 1 aliphatic heterocycles. The van der Waals surface area contributed by atoms with Crippen LogP contribution < -0.4 is 4.74 Å². The van der Waals surface area contributed by atoms with Gasteiger partial charge in [0.05, 0.1) is 23.7 Å². The van der Waals surface area contributed by atoms with E-state index in [0.717, 1.165) is 16.7 Å². The number of rotatable bonds is 6. The van der Waals surface area contributed by atoms with Crippen LogP contribution in [0.25, 0.3) is 11.3 Å². The molecular formula is C30H25F2NO3S. The molecule has 4 aromatic rings. The summed E-state index contributed by atoms with van der Waals surface area (Å²) in [5.41, 5.74) is 4.12. The second kappa shape index (κ2) is 9.82. The van der Waals surface area contributed by atoms with Crippen LogP contribution in [0.2, 0.25) is 0 Å². The number of methoxy groups -OCH3 is 1. The molecule has 1 atom stereocenters. The lowest BCUT2D eigenvalue weighted by molar-refractivity contribution is 0.413. The molecule has 0 radical (unpaired) electrons. The highest BCUT2D eigenvalue weighted by Gasteiger charge is 2.42. The van der Waals surface area contributed by atoms with Gasteiger partial charge in [-0.25, -0.2) is 17.2 Å². The van der Waals surface area contributed by atoms with Crippen molar-refractivity contribution >= 4 is 21.3 Å². The summed E-state index contributed by atoms with van der Waals surface area (Å²) in [5.74, 6) is -0.160. The van der Waals surface area contributed by atoms with Gasteiger partial charge in [0, 0.05) is 6.42 Å². The van der Waals surface area contributed by atoms with Gasteiger partial charge in [0.2, 0.25) is 0 Å². The average Bonchev–Trinajstić information content (AvgIpc) is 3.31. The molecule has 0 spiro atoms. The molecule has 0 unspecified atom stereocenters. The number of hydrogen-bond acceptors (Lipinski definition) is 3. The van der Waals surface area contributed by atoms with Crippen LogP contribution in [0.15, 0.2) is 102 Å². The highest BCUT2D eigenvalue weighted by molar-refractivity contribution is 7.89.